The Morgan fingerprint density at radius 3 is 2.64 bits per heavy atom. The molecule has 0 unspecified atom stereocenters. The molecule has 0 spiro atoms. The van der Waals surface area contributed by atoms with Gasteiger partial charge in [-0.15, -0.1) is 12.4 Å². The molecule has 0 radical (unpaired) electrons. The van der Waals surface area contributed by atoms with Crippen molar-refractivity contribution in [2.45, 2.75) is 25.8 Å². The van der Waals surface area contributed by atoms with Crippen LogP contribution in [0.4, 0.5) is 5.69 Å². The summed E-state index contributed by atoms with van der Waals surface area (Å²) in [7, 11) is 0. The molecule has 2 atom stereocenters. The van der Waals surface area contributed by atoms with Crippen molar-refractivity contribution < 1.29 is 9.59 Å². The van der Waals surface area contributed by atoms with E-state index in [2.05, 4.69) is 22.9 Å². The number of anilines is 1. The van der Waals surface area contributed by atoms with Gasteiger partial charge in [-0.25, -0.2) is 0 Å². The first-order chi connectivity index (χ1) is 10.0. The van der Waals surface area contributed by atoms with Crippen LogP contribution in [0.2, 0.25) is 5.02 Å². The Balaban J connectivity index is 0.00000242. The summed E-state index contributed by atoms with van der Waals surface area (Å²) < 4.78 is 0. The van der Waals surface area contributed by atoms with Crippen LogP contribution >= 0.6 is 24.0 Å². The molecule has 1 saturated heterocycles. The number of carbonyl (C=O) groups excluding carboxylic acids is 2. The fraction of sp³-hybridized carbons (Fsp3) is 0.467. The van der Waals surface area contributed by atoms with Gasteiger partial charge < -0.3 is 16.0 Å². The number of benzene rings is 1. The van der Waals surface area contributed by atoms with E-state index < -0.39 is 0 Å². The summed E-state index contributed by atoms with van der Waals surface area (Å²) in [6.07, 6.45) is 1.62. The summed E-state index contributed by atoms with van der Waals surface area (Å²) in [4.78, 5) is 23.8. The van der Waals surface area contributed by atoms with Crippen LogP contribution < -0.4 is 16.0 Å². The van der Waals surface area contributed by atoms with Crippen LogP contribution in [0.25, 0.3) is 0 Å². The van der Waals surface area contributed by atoms with Gasteiger partial charge in [0.05, 0.1) is 6.54 Å². The van der Waals surface area contributed by atoms with Crippen molar-refractivity contribution in [1.29, 1.82) is 0 Å². The van der Waals surface area contributed by atoms with E-state index in [1.54, 1.807) is 24.3 Å². The molecular formula is C15H21Cl2N3O2. The molecule has 1 aromatic carbocycles. The molecule has 1 fully saturated rings. The maximum Gasteiger partial charge on any atom is 0.243 e. The largest absolute Gasteiger partial charge is 0.347 e. The molecule has 0 aromatic heterocycles. The second kappa shape index (κ2) is 8.98. The minimum Gasteiger partial charge on any atom is -0.347 e. The molecule has 2 amide bonds. The molecule has 2 rings (SSSR count). The quantitative estimate of drug-likeness (QED) is 0.783. The van der Waals surface area contributed by atoms with Gasteiger partial charge in [-0.1, -0.05) is 11.6 Å². The number of carbonyl (C=O) groups is 2. The van der Waals surface area contributed by atoms with Gasteiger partial charge in [0.15, 0.2) is 0 Å². The molecule has 122 valence electrons. The average molecular weight is 346 g/mol. The van der Waals surface area contributed by atoms with Crippen LogP contribution in [0.15, 0.2) is 24.3 Å². The number of piperidine rings is 1. The van der Waals surface area contributed by atoms with E-state index in [1.165, 1.54) is 0 Å². The highest BCUT2D eigenvalue weighted by atomic mass is 35.5. The lowest BCUT2D eigenvalue weighted by Gasteiger charge is -2.26. The van der Waals surface area contributed by atoms with Crippen LogP contribution in [0, 0.1) is 5.92 Å². The molecule has 5 nitrogen and oxygen atoms in total. The summed E-state index contributed by atoms with van der Waals surface area (Å²) in [6, 6.07) is 7.18. The third-order valence-corrected chi connectivity index (χ3v) is 3.80. The molecule has 1 heterocycles. The van der Waals surface area contributed by atoms with Crippen molar-refractivity contribution in [2.24, 2.45) is 5.92 Å². The third kappa shape index (κ3) is 5.83. The van der Waals surface area contributed by atoms with Crippen molar-refractivity contribution in [2.75, 3.05) is 18.4 Å². The van der Waals surface area contributed by atoms with Gasteiger partial charge in [0.2, 0.25) is 11.8 Å². The van der Waals surface area contributed by atoms with Crippen LogP contribution in [-0.4, -0.2) is 30.9 Å². The minimum absolute atomic E-state index is 0. The van der Waals surface area contributed by atoms with Gasteiger partial charge in [-0.3, -0.25) is 9.59 Å². The summed E-state index contributed by atoms with van der Waals surface area (Å²) >= 11 is 5.77. The molecule has 0 aliphatic carbocycles. The van der Waals surface area contributed by atoms with Crippen LogP contribution in [0.1, 0.15) is 19.8 Å². The first kappa shape index (κ1) is 18.7. The Bertz CT molecular complexity index is 508. The highest BCUT2D eigenvalue weighted by Crippen LogP contribution is 2.16. The second-order valence-electron chi connectivity index (χ2n) is 5.35. The normalized spacial score (nSPS) is 20.6. The molecule has 1 aliphatic heterocycles. The zero-order valence-electron chi connectivity index (χ0n) is 12.4. The highest BCUT2D eigenvalue weighted by molar-refractivity contribution is 6.30. The van der Waals surface area contributed by atoms with Gasteiger partial charge in [0, 0.05) is 22.7 Å². The lowest BCUT2D eigenvalue weighted by Crippen LogP contribution is -2.44. The first-order valence-electron chi connectivity index (χ1n) is 7.11. The zero-order chi connectivity index (χ0) is 15.2. The zero-order valence-corrected chi connectivity index (χ0v) is 14.0. The van der Waals surface area contributed by atoms with E-state index in [0.717, 1.165) is 19.4 Å². The van der Waals surface area contributed by atoms with Crippen LogP contribution in [0.3, 0.4) is 0 Å². The lowest BCUT2D eigenvalue weighted by atomic mass is 9.92. The van der Waals surface area contributed by atoms with E-state index in [4.69, 9.17) is 11.6 Å². The Morgan fingerprint density at radius 1 is 1.32 bits per heavy atom. The average Bonchev–Trinajstić information content (AvgIpc) is 2.47. The van der Waals surface area contributed by atoms with E-state index in [0.29, 0.717) is 16.8 Å². The van der Waals surface area contributed by atoms with Crippen LogP contribution in [0.5, 0.6) is 0 Å². The predicted molar refractivity (Wildman–Crippen MR) is 90.5 cm³/mol. The number of rotatable bonds is 4. The fourth-order valence-corrected chi connectivity index (χ4v) is 2.55. The van der Waals surface area contributed by atoms with Crippen LogP contribution in [-0.2, 0) is 9.59 Å². The fourth-order valence-electron chi connectivity index (χ4n) is 2.42. The third-order valence-electron chi connectivity index (χ3n) is 3.55. The molecular weight excluding hydrogens is 325 g/mol. The van der Waals surface area contributed by atoms with Gasteiger partial charge in [-0.2, -0.15) is 0 Å². The SMILES string of the molecule is C[C@H]1C[C@@H](C(=O)NCC(=O)Nc2ccc(Cl)cc2)CCN1.Cl. The number of amides is 2. The lowest BCUT2D eigenvalue weighted by molar-refractivity contribution is -0.128. The summed E-state index contributed by atoms with van der Waals surface area (Å²) in [6.45, 7) is 2.89. The molecule has 1 aromatic rings. The minimum atomic E-state index is -0.243. The number of hydrogen-bond donors (Lipinski definition) is 3. The topological polar surface area (TPSA) is 70.2 Å². The van der Waals surface area contributed by atoms with Crippen molar-refractivity contribution >= 4 is 41.5 Å². The molecule has 3 N–H and O–H groups in total. The molecule has 0 saturated carbocycles. The number of halogens is 2. The molecule has 0 bridgehead atoms. The molecule has 1 aliphatic rings. The van der Waals surface area contributed by atoms with Crippen molar-refractivity contribution in [1.82, 2.24) is 10.6 Å². The second-order valence-corrected chi connectivity index (χ2v) is 5.79. The smallest absolute Gasteiger partial charge is 0.243 e. The Hall–Kier alpha value is -1.30. The summed E-state index contributed by atoms with van der Waals surface area (Å²) in [5.41, 5.74) is 0.661. The Morgan fingerprint density at radius 2 is 2.00 bits per heavy atom. The first-order valence-corrected chi connectivity index (χ1v) is 7.49. The van der Waals surface area contributed by atoms with E-state index in [-0.39, 0.29) is 36.7 Å². The Labute approximate surface area is 141 Å². The summed E-state index contributed by atoms with van der Waals surface area (Å²) in [5.74, 6) is -0.299. The standard InChI is InChI=1S/C15H20ClN3O2.ClH/c1-10-8-11(6-7-17-10)15(21)18-9-14(20)19-13-4-2-12(16)3-5-13;/h2-5,10-11,17H,6-9H2,1H3,(H,18,21)(H,19,20);1H/t10-,11-;/m0./s1. The maximum atomic E-state index is 12.0. The van der Waals surface area contributed by atoms with Gasteiger partial charge in [0.1, 0.15) is 0 Å². The molecule has 7 heteroatoms. The van der Waals surface area contributed by atoms with E-state index in [1.807, 2.05) is 0 Å². The van der Waals surface area contributed by atoms with E-state index >= 15 is 0 Å². The summed E-state index contributed by atoms with van der Waals surface area (Å²) in [5, 5.41) is 9.32. The Kier molecular flexibility index (Phi) is 7.65. The number of hydrogen-bond acceptors (Lipinski definition) is 3. The predicted octanol–water partition coefficient (Wildman–Crippen LogP) is 2.20. The monoisotopic (exact) mass is 345 g/mol. The van der Waals surface area contributed by atoms with Crippen molar-refractivity contribution in [3.63, 3.8) is 0 Å². The maximum absolute atomic E-state index is 12.0. The molecule has 22 heavy (non-hydrogen) atoms. The number of nitrogens with one attached hydrogen (secondary N) is 3. The van der Waals surface area contributed by atoms with Gasteiger partial charge in [0.25, 0.3) is 0 Å². The van der Waals surface area contributed by atoms with Crippen molar-refractivity contribution in [3.05, 3.63) is 29.3 Å². The van der Waals surface area contributed by atoms with Gasteiger partial charge in [-0.05, 0) is 50.6 Å². The highest BCUT2D eigenvalue weighted by Gasteiger charge is 2.24. The van der Waals surface area contributed by atoms with Crippen molar-refractivity contribution in [3.8, 4) is 0 Å². The van der Waals surface area contributed by atoms with Gasteiger partial charge >= 0.3 is 0 Å². The van der Waals surface area contributed by atoms with E-state index in [9.17, 15) is 9.59 Å².